The lowest BCUT2D eigenvalue weighted by molar-refractivity contribution is -0.187. The lowest BCUT2D eigenvalue weighted by atomic mass is 9.93. The molecule has 7 nitrogen and oxygen atoms in total. The Morgan fingerprint density at radius 1 is 0.900 bits per heavy atom. The maximum Gasteiger partial charge on any atom is 0.351 e. The van der Waals surface area contributed by atoms with Crippen LogP contribution >= 0.6 is 0 Å². The number of carbonyl (C=O) groups excluding carboxylic acids is 4. The second-order valence-corrected chi connectivity index (χ2v) is 4.17. The zero-order valence-electron chi connectivity index (χ0n) is 12.2. The van der Waals surface area contributed by atoms with E-state index in [0.29, 0.717) is 0 Å². The molecule has 1 atom stereocenters. The number of hydrogen-bond donors (Lipinski definition) is 0. The van der Waals surface area contributed by atoms with E-state index in [1.165, 1.54) is 6.92 Å². The highest BCUT2D eigenvalue weighted by molar-refractivity contribution is 5.93. The van der Waals surface area contributed by atoms with Crippen molar-refractivity contribution in [2.24, 2.45) is 0 Å². The van der Waals surface area contributed by atoms with Gasteiger partial charge in [-0.1, -0.05) is 0 Å². The first-order valence-electron chi connectivity index (χ1n) is 6.29. The van der Waals surface area contributed by atoms with Crippen molar-refractivity contribution in [1.82, 2.24) is 0 Å². The molecule has 7 heteroatoms. The van der Waals surface area contributed by atoms with Gasteiger partial charge in [0.25, 0.3) is 0 Å². The van der Waals surface area contributed by atoms with Crippen LogP contribution in [0, 0.1) is 0 Å². The molecule has 0 saturated carbocycles. The van der Waals surface area contributed by atoms with Crippen molar-refractivity contribution in [1.29, 1.82) is 0 Å². The molecule has 1 unspecified atom stereocenters. The van der Waals surface area contributed by atoms with E-state index in [1.807, 2.05) is 0 Å². The second kappa shape index (κ2) is 8.29. The molecular formula is C13H20O7. The maximum absolute atomic E-state index is 12.0. The Balaban J connectivity index is 5.39. The molecular weight excluding hydrogens is 268 g/mol. The predicted molar refractivity (Wildman–Crippen MR) is 67.7 cm³/mol. The summed E-state index contributed by atoms with van der Waals surface area (Å²) >= 11 is 0. The molecule has 114 valence electrons. The molecule has 0 aliphatic carbocycles. The Hall–Kier alpha value is -1.92. The zero-order valence-corrected chi connectivity index (χ0v) is 12.2. The summed E-state index contributed by atoms with van der Waals surface area (Å²) in [6, 6.07) is 0. The lowest BCUT2D eigenvalue weighted by Gasteiger charge is -2.28. The van der Waals surface area contributed by atoms with E-state index in [9.17, 15) is 19.2 Å². The zero-order chi connectivity index (χ0) is 15.8. The van der Waals surface area contributed by atoms with E-state index >= 15 is 0 Å². The van der Waals surface area contributed by atoms with Gasteiger partial charge in [-0.15, -0.1) is 0 Å². The van der Waals surface area contributed by atoms with Crippen LogP contribution in [0.25, 0.3) is 0 Å². The van der Waals surface area contributed by atoms with Gasteiger partial charge in [-0.25, -0.2) is 4.79 Å². The average molecular weight is 288 g/mol. The van der Waals surface area contributed by atoms with Gasteiger partial charge in [0, 0.05) is 6.92 Å². The van der Waals surface area contributed by atoms with Crippen molar-refractivity contribution in [2.75, 3.05) is 13.2 Å². The first kappa shape index (κ1) is 18.1. The van der Waals surface area contributed by atoms with Gasteiger partial charge in [0.1, 0.15) is 5.78 Å². The maximum atomic E-state index is 12.0. The standard InChI is InChI=1S/C13H20O7/c1-5-18-11(16)8-13(7-9(3)14,20-10(4)15)12(17)19-6-2/h5-8H2,1-4H3. The third-order valence-electron chi connectivity index (χ3n) is 2.26. The number of ether oxygens (including phenoxy) is 3. The van der Waals surface area contributed by atoms with E-state index in [4.69, 9.17) is 14.2 Å². The number of Topliss-reactive ketones (excluding diaryl/α,β-unsaturated/α-hetero) is 1. The van der Waals surface area contributed by atoms with E-state index in [1.54, 1.807) is 13.8 Å². The van der Waals surface area contributed by atoms with Gasteiger partial charge < -0.3 is 14.2 Å². The lowest BCUT2D eigenvalue weighted by Crippen LogP contribution is -2.47. The van der Waals surface area contributed by atoms with Crippen molar-refractivity contribution >= 4 is 23.7 Å². The van der Waals surface area contributed by atoms with Crippen molar-refractivity contribution in [3.05, 3.63) is 0 Å². The van der Waals surface area contributed by atoms with E-state index in [-0.39, 0.29) is 13.2 Å². The summed E-state index contributed by atoms with van der Waals surface area (Å²) in [5, 5.41) is 0. The van der Waals surface area contributed by atoms with Gasteiger partial charge in [-0.05, 0) is 20.8 Å². The van der Waals surface area contributed by atoms with Gasteiger partial charge in [-0.2, -0.15) is 0 Å². The molecule has 0 aromatic carbocycles. The van der Waals surface area contributed by atoms with Gasteiger partial charge in [0.15, 0.2) is 0 Å². The summed E-state index contributed by atoms with van der Waals surface area (Å²) in [6.07, 6.45) is -0.997. The first-order valence-corrected chi connectivity index (χ1v) is 6.29. The monoisotopic (exact) mass is 288 g/mol. The highest BCUT2D eigenvalue weighted by atomic mass is 16.6. The third kappa shape index (κ3) is 5.81. The molecule has 0 amide bonds. The second-order valence-electron chi connectivity index (χ2n) is 4.17. The molecule has 20 heavy (non-hydrogen) atoms. The largest absolute Gasteiger partial charge is 0.466 e. The Kier molecular flexibility index (Phi) is 7.49. The van der Waals surface area contributed by atoms with Gasteiger partial charge >= 0.3 is 17.9 Å². The third-order valence-corrected chi connectivity index (χ3v) is 2.26. The molecule has 0 aromatic heterocycles. The van der Waals surface area contributed by atoms with Gasteiger partial charge in [0.2, 0.25) is 5.60 Å². The van der Waals surface area contributed by atoms with Crippen molar-refractivity contribution in [3.8, 4) is 0 Å². The summed E-state index contributed by atoms with van der Waals surface area (Å²) in [6.45, 7) is 5.61. The van der Waals surface area contributed by atoms with Crippen molar-refractivity contribution in [3.63, 3.8) is 0 Å². The van der Waals surface area contributed by atoms with Crippen LogP contribution in [0.2, 0.25) is 0 Å². The molecule has 0 spiro atoms. The van der Waals surface area contributed by atoms with E-state index in [0.717, 1.165) is 6.92 Å². The average Bonchev–Trinajstić information content (AvgIpc) is 2.27. The van der Waals surface area contributed by atoms with E-state index in [2.05, 4.69) is 0 Å². The normalized spacial score (nSPS) is 13.0. The number of carbonyl (C=O) groups is 4. The molecule has 0 radical (unpaired) electrons. The molecule has 0 N–H and O–H groups in total. The molecule has 0 fully saturated rings. The number of esters is 3. The van der Waals surface area contributed by atoms with E-state index < -0.39 is 42.1 Å². The SMILES string of the molecule is CCOC(=O)CC(CC(C)=O)(OC(C)=O)C(=O)OCC. The fourth-order valence-electron chi connectivity index (χ4n) is 1.71. The molecule has 0 saturated heterocycles. The number of rotatable bonds is 8. The minimum absolute atomic E-state index is 0.0303. The van der Waals surface area contributed by atoms with Crippen molar-refractivity contribution in [2.45, 2.75) is 46.1 Å². The Morgan fingerprint density at radius 3 is 1.85 bits per heavy atom. The minimum atomic E-state index is -1.96. The fraction of sp³-hybridized carbons (Fsp3) is 0.692. The van der Waals surface area contributed by atoms with Gasteiger partial charge in [0.05, 0.1) is 26.1 Å². The minimum Gasteiger partial charge on any atom is -0.466 e. The summed E-state index contributed by atoms with van der Waals surface area (Å²) < 4.78 is 14.5. The van der Waals surface area contributed by atoms with Crippen LogP contribution in [0.4, 0.5) is 0 Å². The topological polar surface area (TPSA) is 96.0 Å². The van der Waals surface area contributed by atoms with Gasteiger partial charge in [-0.3, -0.25) is 14.4 Å². The Bertz CT molecular complexity index is 370. The molecule has 0 aromatic rings. The summed E-state index contributed by atoms with van der Waals surface area (Å²) in [5.41, 5.74) is -1.96. The summed E-state index contributed by atoms with van der Waals surface area (Å²) in [7, 11) is 0. The molecule has 0 heterocycles. The van der Waals surface area contributed by atoms with Crippen LogP contribution in [-0.2, 0) is 33.4 Å². The van der Waals surface area contributed by atoms with Crippen LogP contribution in [0.15, 0.2) is 0 Å². The molecule has 0 aliphatic heterocycles. The van der Waals surface area contributed by atoms with Crippen LogP contribution in [0.1, 0.15) is 40.5 Å². The summed E-state index contributed by atoms with van der Waals surface area (Å²) in [5.74, 6) is -2.88. The molecule has 0 rings (SSSR count). The fourth-order valence-corrected chi connectivity index (χ4v) is 1.71. The van der Waals surface area contributed by atoms with Crippen LogP contribution in [-0.4, -0.2) is 42.5 Å². The highest BCUT2D eigenvalue weighted by Gasteiger charge is 2.47. The quantitative estimate of drug-likeness (QED) is 0.481. The smallest absolute Gasteiger partial charge is 0.351 e. The van der Waals surface area contributed by atoms with Crippen LogP contribution in [0.3, 0.4) is 0 Å². The number of ketones is 1. The molecule has 0 bridgehead atoms. The van der Waals surface area contributed by atoms with Crippen molar-refractivity contribution < 1.29 is 33.4 Å². The number of hydrogen-bond acceptors (Lipinski definition) is 7. The Labute approximate surface area is 117 Å². The van der Waals surface area contributed by atoms with Crippen LogP contribution < -0.4 is 0 Å². The predicted octanol–water partition coefficient (Wildman–Crippen LogP) is 0.784. The Morgan fingerprint density at radius 2 is 1.45 bits per heavy atom. The highest BCUT2D eigenvalue weighted by Crippen LogP contribution is 2.25. The van der Waals surface area contributed by atoms with Crippen LogP contribution in [0.5, 0.6) is 0 Å². The first-order chi connectivity index (χ1) is 9.27. The molecule has 0 aliphatic rings. The summed E-state index contributed by atoms with van der Waals surface area (Å²) in [4.78, 5) is 46.1.